The summed E-state index contributed by atoms with van der Waals surface area (Å²) in [5.41, 5.74) is 0. The Hall–Kier alpha value is -4.05. The SMILES string of the molecule is CC/C=C\C/C=C\C/C=C\C/C=C\C/C=C\C/C=C\C/C=C\CCCCCCCCCCCCCC(=O)OC(COC(=O)CCCCCCC/C=C\C/C=C\CCCC)COC(OCC[N+](C)(C)C)C(=O)[O-]. The first-order valence-corrected chi connectivity index (χ1v) is 28.5. The van der Waals surface area contributed by atoms with Gasteiger partial charge in [0.2, 0.25) is 0 Å². The minimum atomic E-state index is -1.63. The second-order valence-electron chi connectivity index (χ2n) is 19.8. The summed E-state index contributed by atoms with van der Waals surface area (Å²) in [7, 11) is 5.90. The van der Waals surface area contributed by atoms with Crippen LogP contribution in [0.5, 0.6) is 0 Å². The predicted octanol–water partition coefficient (Wildman–Crippen LogP) is 15.4. The maximum absolute atomic E-state index is 12.8. The molecule has 0 aromatic rings. The molecule has 410 valence electrons. The number of ether oxygens (including phenoxy) is 4. The molecule has 0 spiro atoms. The lowest BCUT2D eigenvalue weighted by atomic mass is 10.0. The number of esters is 2. The fourth-order valence-electron chi connectivity index (χ4n) is 7.36. The number of aliphatic carboxylic acids is 1. The van der Waals surface area contributed by atoms with E-state index in [1.165, 1.54) is 57.8 Å². The zero-order valence-corrected chi connectivity index (χ0v) is 46.5. The van der Waals surface area contributed by atoms with Gasteiger partial charge in [0.1, 0.15) is 13.2 Å². The summed E-state index contributed by atoms with van der Waals surface area (Å²) in [5.74, 6) is -2.32. The third-order valence-electron chi connectivity index (χ3n) is 11.8. The van der Waals surface area contributed by atoms with Gasteiger partial charge in [0, 0.05) is 12.8 Å². The Morgan fingerprint density at radius 2 is 0.792 bits per heavy atom. The highest BCUT2D eigenvalue weighted by Crippen LogP contribution is 2.15. The predicted molar refractivity (Wildman–Crippen MR) is 301 cm³/mol. The van der Waals surface area contributed by atoms with Gasteiger partial charge < -0.3 is 33.3 Å². The quantitative estimate of drug-likeness (QED) is 0.0195. The molecule has 0 aliphatic carbocycles. The second-order valence-corrected chi connectivity index (χ2v) is 19.8. The minimum Gasteiger partial charge on any atom is -0.545 e. The molecule has 0 amide bonds. The monoisotopic (exact) mass is 1000 g/mol. The molecule has 0 aromatic carbocycles. The smallest absolute Gasteiger partial charge is 0.306 e. The van der Waals surface area contributed by atoms with Crippen LogP contribution in [0.3, 0.4) is 0 Å². The first kappa shape index (κ1) is 68.0. The number of carboxylic acid groups (broad SMARTS) is 1. The highest BCUT2D eigenvalue weighted by atomic mass is 16.7. The molecule has 0 saturated heterocycles. The zero-order chi connectivity index (χ0) is 52.7. The van der Waals surface area contributed by atoms with Crippen molar-refractivity contribution in [1.82, 2.24) is 0 Å². The molecule has 0 aliphatic rings. The molecule has 0 radical (unpaired) electrons. The van der Waals surface area contributed by atoms with Gasteiger partial charge in [0.25, 0.3) is 0 Å². The average Bonchev–Trinajstić information content (AvgIpc) is 3.35. The number of likely N-dealkylation sites (N-methyl/N-ethyl adjacent to an activating group) is 1. The third-order valence-corrected chi connectivity index (χ3v) is 11.8. The molecule has 0 bridgehead atoms. The molecule has 0 aliphatic heterocycles. The molecule has 2 atom stereocenters. The largest absolute Gasteiger partial charge is 0.545 e. The standard InChI is InChI=1S/C63H105NO8/c1-6-8-10-12-14-16-18-20-22-23-24-25-26-27-28-29-30-31-32-33-34-35-36-37-38-39-40-42-44-46-48-50-52-54-61(66)72-59(58-71-63(62(67)68)69-56-55-64(3,4)5)57-70-60(65)53-51-49-47-45-43-41-21-19-17-15-13-11-9-7-2/h8,10,13-16,19-22,24-25,27-28,30-31,33-34,59,63H,6-7,9,11-12,17-18,23,26,29,32,35-58H2,1-5H3/b10-8-,15-13-,16-14-,21-19-,22-20-,25-24-,28-27-,31-30-,34-33-. The second kappa shape index (κ2) is 53.2. The van der Waals surface area contributed by atoms with Crippen molar-refractivity contribution in [2.24, 2.45) is 0 Å². The van der Waals surface area contributed by atoms with Gasteiger partial charge in [0.15, 0.2) is 12.4 Å². The third kappa shape index (κ3) is 53.7. The molecular weight excluding hydrogens is 899 g/mol. The molecule has 0 heterocycles. The lowest BCUT2D eigenvalue weighted by Gasteiger charge is -2.26. The van der Waals surface area contributed by atoms with Crippen molar-refractivity contribution in [3.8, 4) is 0 Å². The van der Waals surface area contributed by atoms with Crippen LogP contribution in [-0.2, 0) is 33.3 Å². The van der Waals surface area contributed by atoms with Crippen LogP contribution in [0.1, 0.15) is 213 Å². The summed E-state index contributed by atoms with van der Waals surface area (Å²) in [4.78, 5) is 37.2. The maximum Gasteiger partial charge on any atom is 0.306 e. The van der Waals surface area contributed by atoms with Crippen molar-refractivity contribution >= 4 is 17.9 Å². The van der Waals surface area contributed by atoms with E-state index in [0.717, 1.165) is 122 Å². The molecule has 0 N–H and O–H groups in total. The normalized spacial score (nSPS) is 13.6. The Morgan fingerprint density at radius 1 is 0.431 bits per heavy atom. The van der Waals surface area contributed by atoms with Crippen molar-refractivity contribution in [3.63, 3.8) is 0 Å². The van der Waals surface area contributed by atoms with Gasteiger partial charge >= 0.3 is 11.9 Å². The topological polar surface area (TPSA) is 111 Å². The van der Waals surface area contributed by atoms with E-state index in [-0.39, 0.29) is 38.6 Å². The number of carbonyl (C=O) groups excluding carboxylic acids is 3. The summed E-state index contributed by atoms with van der Waals surface area (Å²) in [6, 6.07) is 0. The Labute approximate surface area is 441 Å². The van der Waals surface area contributed by atoms with Crippen LogP contribution >= 0.6 is 0 Å². The van der Waals surface area contributed by atoms with E-state index in [1.54, 1.807) is 0 Å². The van der Waals surface area contributed by atoms with Crippen molar-refractivity contribution in [3.05, 3.63) is 109 Å². The van der Waals surface area contributed by atoms with Crippen LogP contribution in [0.25, 0.3) is 0 Å². The summed E-state index contributed by atoms with van der Waals surface area (Å²) < 4.78 is 22.6. The van der Waals surface area contributed by atoms with E-state index in [9.17, 15) is 19.5 Å². The number of carboxylic acids is 1. The fourth-order valence-corrected chi connectivity index (χ4v) is 7.36. The van der Waals surface area contributed by atoms with Crippen LogP contribution in [0, 0.1) is 0 Å². The maximum atomic E-state index is 12.8. The summed E-state index contributed by atoms with van der Waals surface area (Å²) in [5, 5.41) is 11.8. The minimum absolute atomic E-state index is 0.140. The van der Waals surface area contributed by atoms with Gasteiger partial charge in [-0.15, -0.1) is 0 Å². The van der Waals surface area contributed by atoms with E-state index < -0.39 is 24.3 Å². The number of rotatable bonds is 51. The Morgan fingerprint density at radius 3 is 1.18 bits per heavy atom. The Balaban J connectivity index is 4.21. The highest BCUT2D eigenvalue weighted by Gasteiger charge is 2.22. The molecule has 9 heteroatoms. The molecular formula is C63H105NO8. The Bertz CT molecular complexity index is 1540. The van der Waals surface area contributed by atoms with Crippen molar-refractivity contribution < 1.29 is 42.9 Å². The molecule has 2 unspecified atom stereocenters. The Kier molecular flexibility index (Phi) is 50.3. The first-order chi connectivity index (χ1) is 35.1. The van der Waals surface area contributed by atoms with Crippen LogP contribution in [0.2, 0.25) is 0 Å². The molecule has 0 aromatic heterocycles. The number of allylic oxidation sites excluding steroid dienone is 18. The first-order valence-electron chi connectivity index (χ1n) is 28.5. The molecule has 0 rings (SSSR count). The molecule has 0 saturated carbocycles. The van der Waals surface area contributed by atoms with Gasteiger partial charge in [-0.3, -0.25) is 9.59 Å². The van der Waals surface area contributed by atoms with E-state index in [1.807, 2.05) is 21.1 Å². The van der Waals surface area contributed by atoms with Crippen LogP contribution in [-0.4, -0.2) is 82.3 Å². The summed E-state index contributed by atoms with van der Waals surface area (Å²) in [6.07, 6.45) is 69.9. The van der Waals surface area contributed by atoms with Crippen molar-refractivity contribution in [1.29, 1.82) is 0 Å². The highest BCUT2D eigenvalue weighted by molar-refractivity contribution is 5.70. The van der Waals surface area contributed by atoms with Crippen molar-refractivity contribution in [2.75, 3.05) is 47.5 Å². The summed E-state index contributed by atoms with van der Waals surface area (Å²) in [6.45, 7) is 4.56. The van der Waals surface area contributed by atoms with E-state index >= 15 is 0 Å². The lowest BCUT2D eigenvalue weighted by molar-refractivity contribution is -0.870. The summed E-state index contributed by atoms with van der Waals surface area (Å²) >= 11 is 0. The number of quaternary nitrogens is 1. The number of carbonyl (C=O) groups is 3. The fraction of sp³-hybridized carbons (Fsp3) is 0.667. The lowest BCUT2D eigenvalue weighted by Crippen LogP contribution is -2.44. The van der Waals surface area contributed by atoms with Gasteiger partial charge in [-0.25, -0.2) is 0 Å². The number of hydrogen-bond donors (Lipinski definition) is 0. The average molecular weight is 1000 g/mol. The van der Waals surface area contributed by atoms with E-state index in [4.69, 9.17) is 18.9 Å². The van der Waals surface area contributed by atoms with Crippen molar-refractivity contribution in [2.45, 2.75) is 225 Å². The number of unbranched alkanes of at least 4 members (excludes halogenated alkanes) is 18. The van der Waals surface area contributed by atoms with Gasteiger partial charge in [0.05, 0.1) is 40.3 Å². The molecule has 0 fully saturated rings. The van der Waals surface area contributed by atoms with Gasteiger partial charge in [-0.05, 0) is 96.3 Å². The number of hydrogen-bond acceptors (Lipinski definition) is 8. The van der Waals surface area contributed by atoms with E-state index in [0.29, 0.717) is 17.4 Å². The van der Waals surface area contributed by atoms with E-state index in [2.05, 4.69) is 123 Å². The molecule has 9 nitrogen and oxygen atoms in total. The van der Waals surface area contributed by atoms with Crippen LogP contribution in [0.4, 0.5) is 0 Å². The van der Waals surface area contributed by atoms with Gasteiger partial charge in [-0.1, -0.05) is 213 Å². The van der Waals surface area contributed by atoms with Crippen LogP contribution in [0.15, 0.2) is 109 Å². The molecule has 72 heavy (non-hydrogen) atoms. The van der Waals surface area contributed by atoms with Gasteiger partial charge in [-0.2, -0.15) is 0 Å². The zero-order valence-electron chi connectivity index (χ0n) is 46.5. The van der Waals surface area contributed by atoms with Crippen LogP contribution < -0.4 is 5.11 Å². The number of nitrogens with zero attached hydrogens (tertiary/aromatic N) is 1.